The number of aromatic nitrogens is 4. The van der Waals surface area contributed by atoms with Crippen LogP contribution < -0.4 is 4.09 Å². The first kappa shape index (κ1) is 6.11. The Kier molecular flexibility index (Phi) is 1.18. The fourth-order valence-electron chi connectivity index (χ4n) is 0.280. The highest BCUT2D eigenvalue weighted by Gasteiger charge is 2.13. The van der Waals surface area contributed by atoms with Gasteiger partial charge in [0, 0.05) is 0 Å². The molecule has 0 spiro atoms. The van der Waals surface area contributed by atoms with Crippen molar-refractivity contribution in [3.63, 3.8) is 0 Å². The monoisotopic (exact) mass is 151 g/mol. The van der Waals surface area contributed by atoms with E-state index in [1.54, 1.807) is 0 Å². The van der Waals surface area contributed by atoms with Crippen molar-refractivity contribution in [1.29, 1.82) is 0 Å². The number of hydrogen-bond acceptors (Lipinski definition) is 4. The number of aromatic amines is 1. The van der Waals surface area contributed by atoms with E-state index < -0.39 is 10.3 Å². The van der Waals surface area contributed by atoms with Crippen molar-refractivity contribution < 1.29 is 17.1 Å². The van der Waals surface area contributed by atoms with Gasteiger partial charge in [-0.3, -0.25) is 4.55 Å². The van der Waals surface area contributed by atoms with E-state index in [9.17, 15) is 8.42 Å². The van der Waals surface area contributed by atoms with Gasteiger partial charge >= 0.3 is 16.6 Å². The molecule has 8 heteroatoms. The third-order valence-electron chi connectivity index (χ3n) is 0.606. The maximum absolute atomic E-state index is 10.1. The molecule has 0 atom stereocenters. The Hall–Kier alpha value is -1.02. The summed E-state index contributed by atoms with van der Waals surface area (Å²) in [5.74, 6) is 0. The Labute approximate surface area is 50.2 Å². The molecule has 0 aliphatic heterocycles. The highest BCUT2D eigenvalue weighted by atomic mass is 32.2. The standard InChI is InChI=1S/CH2N4O3S/c6-9(7,8)5-1-2-3-4-5/h1H,(H,6,7,8)/p+1. The summed E-state index contributed by atoms with van der Waals surface area (Å²) in [5, 5.41) is 8.04. The van der Waals surface area contributed by atoms with Crippen molar-refractivity contribution in [2.75, 3.05) is 0 Å². The van der Waals surface area contributed by atoms with Gasteiger partial charge in [0.1, 0.15) is 5.10 Å². The Morgan fingerprint density at radius 1 is 1.67 bits per heavy atom. The Morgan fingerprint density at radius 2 is 2.33 bits per heavy atom. The van der Waals surface area contributed by atoms with E-state index in [0.29, 0.717) is 4.09 Å². The number of hydrogen-bond donors (Lipinski definition) is 2. The van der Waals surface area contributed by atoms with Gasteiger partial charge in [0.25, 0.3) is 0 Å². The molecule has 1 rings (SSSR count). The van der Waals surface area contributed by atoms with Gasteiger partial charge in [0.2, 0.25) is 0 Å². The van der Waals surface area contributed by atoms with E-state index in [0.717, 1.165) is 6.33 Å². The number of tetrazole rings is 1. The molecular formula is CH3N4O3S+. The average Bonchev–Trinajstić information content (AvgIpc) is 2.08. The molecule has 0 aliphatic rings. The molecule has 50 valence electrons. The van der Waals surface area contributed by atoms with Gasteiger partial charge in [0.15, 0.2) is 5.21 Å². The molecule has 0 aromatic carbocycles. The number of nitrogens with zero attached hydrogens (tertiary/aromatic N) is 3. The Bertz CT molecular complexity index is 273. The minimum Gasteiger partial charge on any atom is -0.256 e. The summed E-state index contributed by atoms with van der Waals surface area (Å²) < 4.78 is 28.8. The Morgan fingerprint density at radius 3 is 2.56 bits per heavy atom. The number of nitrogens with one attached hydrogen (secondary N) is 1. The lowest BCUT2D eigenvalue weighted by molar-refractivity contribution is -0.587. The predicted octanol–water partition coefficient (Wildman–Crippen LogP) is -2.26. The van der Waals surface area contributed by atoms with Crippen LogP contribution in [0.5, 0.6) is 0 Å². The number of rotatable bonds is 1. The largest absolute Gasteiger partial charge is 0.433 e. The SMILES string of the molecule is O=S(=O)(O)[n+]1cnn[nH]1. The molecular weight excluding hydrogens is 148 g/mol. The van der Waals surface area contributed by atoms with Crippen molar-refractivity contribution in [2.24, 2.45) is 0 Å². The van der Waals surface area contributed by atoms with Crippen LogP contribution in [0.1, 0.15) is 0 Å². The third-order valence-corrected chi connectivity index (χ3v) is 1.28. The van der Waals surface area contributed by atoms with Gasteiger partial charge in [-0.2, -0.15) is 8.42 Å². The van der Waals surface area contributed by atoms with Crippen LogP contribution in [-0.2, 0) is 10.3 Å². The molecule has 7 nitrogen and oxygen atoms in total. The Balaban J connectivity index is 3.20. The summed E-state index contributed by atoms with van der Waals surface area (Å²) in [5.41, 5.74) is 0. The normalized spacial score (nSPS) is 11.7. The van der Waals surface area contributed by atoms with Crippen LogP contribution in [0.3, 0.4) is 0 Å². The van der Waals surface area contributed by atoms with Gasteiger partial charge < -0.3 is 0 Å². The molecule has 1 aromatic rings. The summed E-state index contributed by atoms with van der Waals surface area (Å²) in [6.45, 7) is 0. The molecule has 0 saturated heterocycles. The quantitative estimate of drug-likeness (QED) is 0.348. The minimum atomic E-state index is -4.22. The predicted molar refractivity (Wildman–Crippen MR) is 23.5 cm³/mol. The third kappa shape index (κ3) is 1.21. The highest BCUT2D eigenvalue weighted by molar-refractivity contribution is 7.78. The average molecular weight is 151 g/mol. The molecule has 2 N–H and O–H groups in total. The molecule has 0 amide bonds. The van der Waals surface area contributed by atoms with Gasteiger partial charge in [-0.05, 0) is 4.09 Å². The maximum Gasteiger partial charge on any atom is 0.433 e. The second kappa shape index (κ2) is 1.74. The highest BCUT2D eigenvalue weighted by Crippen LogP contribution is 1.66. The molecule has 0 saturated carbocycles. The summed E-state index contributed by atoms with van der Waals surface area (Å²) in [7, 11) is -4.22. The van der Waals surface area contributed by atoms with Gasteiger partial charge in [-0.15, -0.1) is 0 Å². The van der Waals surface area contributed by atoms with E-state index in [2.05, 4.69) is 10.3 Å². The van der Waals surface area contributed by atoms with E-state index in [1.807, 2.05) is 5.21 Å². The molecule has 1 aromatic heterocycles. The van der Waals surface area contributed by atoms with Crippen LogP contribution in [0.2, 0.25) is 0 Å². The van der Waals surface area contributed by atoms with Crippen LogP contribution in [0.4, 0.5) is 0 Å². The summed E-state index contributed by atoms with van der Waals surface area (Å²) in [4.78, 5) is 0. The van der Waals surface area contributed by atoms with E-state index >= 15 is 0 Å². The molecule has 0 fully saturated rings. The van der Waals surface area contributed by atoms with Crippen LogP contribution in [-0.4, -0.2) is 28.5 Å². The molecule has 0 radical (unpaired) electrons. The zero-order chi connectivity index (χ0) is 6.91. The van der Waals surface area contributed by atoms with Gasteiger partial charge in [0.05, 0.1) is 0 Å². The van der Waals surface area contributed by atoms with Crippen LogP contribution >= 0.6 is 0 Å². The van der Waals surface area contributed by atoms with Crippen LogP contribution in [0.15, 0.2) is 6.33 Å². The van der Waals surface area contributed by atoms with Crippen molar-refractivity contribution in [1.82, 2.24) is 15.5 Å². The lowest BCUT2D eigenvalue weighted by atomic mass is 11.4. The first-order valence-electron chi connectivity index (χ1n) is 1.86. The topological polar surface area (TPSA) is 99.8 Å². The molecule has 0 aliphatic carbocycles. The van der Waals surface area contributed by atoms with Crippen LogP contribution in [0.25, 0.3) is 0 Å². The second-order valence-electron chi connectivity index (χ2n) is 1.20. The molecule has 9 heavy (non-hydrogen) atoms. The summed E-state index contributed by atoms with van der Waals surface area (Å²) in [6.07, 6.45) is 0.829. The number of H-pyrrole nitrogens is 1. The first-order chi connectivity index (χ1) is 4.11. The van der Waals surface area contributed by atoms with E-state index in [-0.39, 0.29) is 0 Å². The van der Waals surface area contributed by atoms with Gasteiger partial charge in [-0.1, -0.05) is 5.21 Å². The second-order valence-corrected chi connectivity index (χ2v) is 2.49. The zero-order valence-corrected chi connectivity index (χ0v) is 4.91. The van der Waals surface area contributed by atoms with Crippen molar-refractivity contribution in [2.45, 2.75) is 0 Å². The lowest BCUT2D eigenvalue weighted by Gasteiger charge is -1.82. The zero-order valence-electron chi connectivity index (χ0n) is 4.09. The van der Waals surface area contributed by atoms with E-state index in [4.69, 9.17) is 4.55 Å². The molecule has 0 unspecified atom stereocenters. The lowest BCUT2D eigenvalue weighted by Crippen LogP contribution is -2.43. The van der Waals surface area contributed by atoms with Crippen molar-refractivity contribution >= 4 is 10.3 Å². The van der Waals surface area contributed by atoms with Crippen molar-refractivity contribution in [3.05, 3.63) is 6.33 Å². The van der Waals surface area contributed by atoms with Gasteiger partial charge in [-0.25, -0.2) is 0 Å². The molecule has 1 heterocycles. The van der Waals surface area contributed by atoms with E-state index in [1.165, 1.54) is 0 Å². The van der Waals surface area contributed by atoms with Crippen molar-refractivity contribution in [3.8, 4) is 0 Å². The maximum atomic E-state index is 10.1. The fourth-order valence-corrected chi connectivity index (χ4v) is 0.581. The minimum absolute atomic E-state index is 0.368. The smallest absolute Gasteiger partial charge is 0.256 e. The summed E-state index contributed by atoms with van der Waals surface area (Å²) >= 11 is 0. The molecule has 0 bridgehead atoms. The fraction of sp³-hybridized carbons (Fsp3) is 0. The van der Waals surface area contributed by atoms with Crippen LogP contribution in [0, 0.1) is 0 Å². The first-order valence-corrected chi connectivity index (χ1v) is 3.26. The summed E-state index contributed by atoms with van der Waals surface area (Å²) in [6, 6.07) is 0.